The Kier molecular flexibility index (Phi) is 4.56. The predicted molar refractivity (Wildman–Crippen MR) is 131 cm³/mol. The van der Waals surface area contributed by atoms with Crippen LogP contribution in [0.5, 0.6) is 5.75 Å². The van der Waals surface area contributed by atoms with Crippen LogP contribution in [0.25, 0.3) is 0 Å². The van der Waals surface area contributed by atoms with Gasteiger partial charge in [-0.05, 0) is 79.0 Å². The molecule has 182 valence electrons. The minimum atomic E-state index is -0.558. The van der Waals surface area contributed by atoms with Crippen LogP contribution in [-0.4, -0.2) is 30.2 Å². The number of amides is 3. The van der Waals surface area contributed by atoms with Gasteiger partial charge in [-0.1, -0.05) is 24.3 Å². The minimum absolute atomic E-state index is 0.1000. The topological polar surface area (TPSA) is 84.0 Å². The van der Waals surface area contributed by atoms with Gasteiger partial charge in [-0.25, -0.2) is 0 Å². The standard InChI is InChI=1S/C29H26N2O5/c1-15-3-2-4-18(11-15)30-14-16(12-24(30)32)29(35)36-19-7-5-17(6-8-19)31-27(33)25-20-9-10-21(23-13-22(20)23)26(25)28(31)34/h2-11,16,20-23,25-26H,12-14H2,1H3/t16-,20+,21+,22+,23+,25-,26+/m1/s1. The quantitative estimate of drug-likeness (QED) is 0.288. The van der Waals surface area contributed by atoms with E-state index >= 15 is 0 Å². The van der Waals surface area contributed by atoms with Crippen LogP contribution >= 0.6 is 0 Å². The molecule has 0 spiro atoms. The summed E-state index contributed by atoms with van der Waals surface area (Å²) >= 11 is 0. The Morgan fingerprint density at radius 1 is 0.889 bits per heavy atom. The number of allylic oxidation sites excluding steroid dienone is 2. The summed E-state index contributed by atoms with van der Waals surface area (Å²) < 4.78 is 5.57. The van der Waals surface area contributed by atoms with Gasteiger partial charge >= 0.3 is 5.97 Å². The number of carbonyl (C=O) groups is 4. The number of anilines is 2. The smallest absolute Gasteiger partial charge is 0.316 e. The maximum absolute atomic E-state index is 13.3. The first-order valence-corrected chi connectivity index (χ1v) is 12.7. The second kappa shape index (κ2) is 7.63. The number of rotatable bonds is 4. The number of hydrogen-bond acceptors (Lipinski definition) is 5. The van der Waals surface area contributed by atoms with Crippen LogP contribution in [0.4, 0.5) is 11.4 Å². The van der Waals surface area contributed by atoms with Crippen LogP contribution in [-0.2, 0) is 19.2 Å². The van der Waals surface area contributed by atoms with Crippen LogP contribution in [0.3, 0.4) is 0 Å². The molecule has 3 amide bonds. The molecule has 2 saturated carbocycles. The van der Waals surface area contributed by atoms with Gasteiger partial charge in [0.1, 0.15) is 5.75 Å². The van der Waals surface area contributed by atoms with E-state index in [2.05, 4.69) is 12.2 Å². The van der Waals surface area contributed by atoms with Gasteiger partial charge in [0.25, 0.3) is 0 Å². The summed E-state index contributed by atoms with van der Waals surface area (Å²) in [6.45, 7) is 2.23. The van der Waals surface area contributed by atoms with Crippen LogP contribution in [0.1, 0.15) is 18.4 Å². The van der Waals surface area contributed by atoms with Crippen LogP contribution in [0, 0.1) is 48.3 Å². The summed E-state index contributed by atoms with van der Waals surface area (Å²) in [4.78, 5) is 54.9. The molecule has 6 aliphatic rings. The van der Waals surface area contributed by atoms with E-state index in [4.69, 9.17) is 4.74 Å². The Balaban J connectivity index is 1.04. The highest BCUT2D eigenvalue weighted by Gasteiger charge is 2.67. The number of carbonyl (C=O) groups excluding carboxylic acids is 4. The summed E-state index contributed by atoms with van der Waals surface area (Å²) in [5, 5.41) is 0. The SMILES string of the molecule is Cc1cccc(N2C[C@H](C(=O)Oc3ccc(N4C(=O)[C@@H]5[C@H]6C=C[C@@H]([C@@H]7C[C@@H]67)[C@@H]5C4=O)cc3)CC2=O)c1. The van der Waals surface area contributed by atoms with E-state index in [1.54, 1.807) is 29.2 Å². The van der Waals surface area contributed by atoms with Crippen LogP contribution in [0.2, 0.25) is 0 Å². The molecule has 0 N–H and O–H groups in total. The molecule has 0 radical (unpaired) electrons. The molecule has 36 heavy (non-hydrogen) atoms. The van der Waals surface area contributed by atoms with Crippen molar-refractivity contribution in [2.24, 2.45) is 41.4 Å². The summed E-state index contributed by atoms with van der Waals surface area (Å²) in [6, 6.07) is 14.2. The van der Waals surface area contributed by atoms with E-state index in [-0.39, 0.29) is 54.4 Å². The zero-order valence-corrected chi connectivity index (χ0v) is 19.9. The Labute approximate surface area is 208 Å². The van der Waals surface area contributed by atoms with Crippen molar-refractivity contribution in [1.29, 1.82) is 0 Å². The Bertz CT molecular complexity index is 1310. The molecule has 2 aromatic carbocycles. The average molecular weight is 483 g/mol. The van der Waals surface area contributed by atoms with Crippen LogP contribution in [0.15, 0.2) is 60.7 Å². The van der Waals surface area contributed by atoms with Crippen molar-refractivity contribution in [3.05, 3.63) is 66.2 Å². The third kappa shape index (κ3) is 3.11. The van der Waals surface area contributed by atoms with Gasteiger partial charge in [-0.2, -0.15) is 0 Å². The lowest BCUT2D eigenvalue weighted by Crippen LogP contribution is -2.40. The van der Waals surface area contributed by atoms with Gasteiger partial charge in [-0.3, -0.25) is 24.1 Å². The van der Waals surface area contributed by atoms with Gasteiger partial charge in [0.15, 0.2) is 0 Å². The molecule has 7 nitrogen and oxygen atoms in total. The van der Waals surface area contributed by atoms with Gasteiger partial charge in [0.05, 0.1) is 23.4 Å². The first-order valence-electron chi connectivity index (χ1n) is 12.7. The molecule has 7 heteroatoms. The molecular weight excluding hydrogens is 456 g/mol. The minimum Gasteiger partial charge on any atom is -0.426 e. The normalized spacial score (nSPS) is 33.7. The molecule has 8 rings (SSSR count). The third-order valence-corrected chi connectivity index (χ3v) is 8.75. The van der Waals surface area contributed by atoms with Gasteiger partial charge < -0.3 is 9.64 Å². The third-order valence-electron chi connectivity index (χ3n) is 8.75. The zero-order valence-electron chi connectivity index (χ0n) is 19.9. The highest BCUT2D eigenvalue weighted by molar-refractivity contribution is 6.22. The first-order chi connectivity index (χ1) is 17.4. The fourth-order valence-corrected chi connectivity index (χ4v) is 6.99. The molecular formula is C29H26N2O5. The predicted octanol–water partition coefficient (Wildman–Crippen LogP) is 3.51. The van der Waals surface area contributed by atoms with Crippen molar-refractivity contribution < 1.29 is 23.9 Å². The number of esters is 1. The lowest BCUT2D eigenvalue weighted by Gasteiger charge is -2.37. The highest BCUT2D eigenvalue weighted by Crippen LogP contribution is 2.65. The lowest BCUT2D eigenvalue weighted by atomic mass is 9.63. The number of imide groups is 1. The number of nitrogens with zero attached hydrogens (tertiary/aromatic N) is 2. The Morgan fingerprint density at radius 3 is 2.19 bits per heavy atom. The molecule has 0 aromatic heterocycles. The van der Waals surface area contributed by atoms with Crippen molar-refractivity contribution >= 4 is 35.1 Å². The van der Waals surface area contributed by atoms with E-state index in [1.165, 1.54) is 4.90 Å². The van der Waals surface area contributed by atoms with Crippen molar-refractivity contribution in [3.63, 3.8) is 0 Å². The lowest BCUT2D eigenvalue weighted by molar-refractivity contribution is -0.139. The van der Waals surface area contributed by atoms with Gasteiger partial charge in [-0.15, -0.1) is 0 Å². The Hall–Kier alpha value is -3.74. The number of hydrogen-bond donors (Lipinski definition) is 0. The molecule has 2 aliphatic heterocycles. The van der Waals surface area contributed by atoms with E-state index in [0.29, 0.717) is 23.3 Å². The average Bonchev–Trinajstić information content (AvgIpc) is 3.55. The summed E-state index contributed by atoms with van der Waals surface area (Å²) in [7, 11) is 0. The summed E-state index contributed by atoms with van der Waals surface area (Å²) in [5.74, 6) is -0.0376. The Morgan fingerprint density at radius 2 is 1.56 bits per heavy atom. The van der Waals surface area contributed by atoms with E-state index in [9.17, 15) is 19.2 Å². The fraction of sp³-hybridized carbons (Fsp3) is 0.379. The molecule has 4 aliphatic carbocycles. The van der Waals surface area contributed by atoms with Crippen LogP contribution < -0.4 is 14.5 Å². The summed E-state index contributed by atoms with van der Waals surface area (Å²) in [6.07, 6.45) is 5.55. The van der Waals surface area contributed by atoms with E-state index in [0.717, 1.165) is 17.7 Å². The molecule has 2 heterocycles. The van der Waals surface area contributed by atoms with Crippen molar-refractivity contribution in [3.8, 4) is 5.75 Å². The van der Waals surface area contributed by atoms with E-state index < -0.39 is 11.9 Å². The number of benzene rings is 2. The highest BCUT2D eigenvalue weighted by atomic mass is 16.5. The molecule has 2 aromatic rings. The van der Waals surface area contributed by atoms with Gasteiger partial charge in [0, 0.05) is 18.7 Å². The fourth-order valence-electron chi connectivity index (χ4n) is 6.99. The number of aryl methyl sites for hydroxylation is 1. The first kappa shape index (κ1) is 21.5. The second-order valence-electron chi connectivity index (χ2n) is 10.8. The van der Waals surface area contributed by atoms with E-state index in [1.807, 2.05) is 31.2 Å². The van der Waals surface area contributed by atoms with Gasteiger partial charge in [0.2, 0.25) is 17.7 Å². The molecule has 7 atom stereocenters. The molecule has 0 unspecified atom stereocenters. The maximum Gasteiger partial charge on any atom is 0.316 e. The molecule has 2 saturated heterocycles. The number of ether oxygens (including phenoxy) is 1. The largest absolute Gasteiger partial charge is 0.426 e. The van der Waals surface area contributed by atoms with Crippen molar-refractivity contribution in [2.45, 2.75) is 19.8 Å². The maximum atomic E-state index is 13.3. The zero-order chi connectivity index (χ0) is 24.7. The molecule has 4 fully saturated rings. The summed E-state index contributed by atoms with van der Waals surface area (Å²) in [5.41, 5.74) is 2.33. The molecule has 2 bridgehead atoms. The second-order valence-corrected chi connectivity index (χ2v) is 10.8. The van der Waals surface area contributed by atoms with Crippen molar-refractivity contribution in [1.82, 2.24) is 0 Å². The monoisotopic (exact) mass is 482 g/mol. The van der Waals surface area contributed by atoms with Crippen molar-refractivity contribution in [2.75, 3.05) is 16.3 Å².